The zero-order valence-electron chi connectivity index (χ0n) is 13.8. The van der Waals surface area contributed by atoms with Crippen molar-refractivity contribution < 1.29 is 29.3 Å². The van der Waals surface area contributed by atoms with Crippen LogP contribution < -0.4 is 0 Å². The Morgan fingerprint density at radius 3 is 2.00 bits per heavy atom. The molecule has 0 saturated carbocycles. The number of ether oxygens (including phenoxy) is 2. The van der Waals surface area contributed by atoms with E-state index in [2.05, 4.69) is 0 Å². The molecular weight excluding hydrogens is 288 g/mol. The molecule has 0 spiro atoms. The molecule has 6 heteroatoms. The summed E-state index contributed by atoms with van der Waals surface area (Å²) < 4.78 is 10.1. The van der Waals surface area contributed by atoms with Crippen LogP contribution in [-0.2, 0) is 19.1 Å². The van der Waals surface area contributed by atoms with Gasteiger partial charge in [-0.05, 0) is 12.8 Å². The van der Waals surface area contributed by atoms with Crippen molar-refractivity contribution in [2.45, 2.75) is 77.4 Å². The molecule has 0 fully saturated rings. The zero-order valence-corrected chi connectivity index (χ0v) is 13.8. The number of esters is 2. The smallest absolute Gasteiger partial charge is 0.306 e. The van der Waals surface area contributed by atoms with E-state index < -0.39 is 24.8 Å². The van der Waals surface area contributed by atoms with Crippen LogP contribution in [0.4, 0.5) is 0 Å². The van der Waals surface area contributed by atoms with Gasteiger partial charge in [0.2, 0.25) is 0 Å². The van der Waals surface area contributed by atoms with Crippen molar-refractivity contribution in [1.29, 1.82) is 0 Å². The predicted molar refractivity (Wildman–Crippen MR) is 82.2 cm³/mol. The lowest BCUT2D eigenvalue weighted by Crippen LogP contribution is -2.38. The average Bonchev–Trinajstić information content (AvgIpc) is 2.51. The molecule has 0 amide bonds. The van der Waals surface area contributed by atoms with Crippen molar-refractivity contribution in [2.75, 3.05) is 13.2 Å². The highest BCUT2D eigenvalue weighted by atomic mass is 16.6. The molecule has 130 valence electrons. The van der Waals surface area contributed by atoms with Gasteiger partial charge in [0, 0.05) is 12.8 Å². The third-order valence-electron chi connectivity index (χ3n) is 3.28. The van der Waals surface area contributed by atoms with Crippen molar-refractivity contribution >= 4 is 11.9 Å². The third kappa shape index (κ3) is 10.6. The molecular formula is C16H30O6. The van der Waals surface area contributed by atoms with Gasteiger partial charge in [-0.2, -0.15) is 0 Å². The normalized spacial score (nSPS) is 13.5. The molecule has 0 aromatic heterocycles. The summed E-state index contributed by atoms with van der Waals surface area (Å²) in [5.41, 5.74) is 0. The molecule has 0 aliphatic carbocycles. The van der Waals surface area contributed by atoms with Crippen molar-refractivity contribution in [3.05, 3.63) is 0 Å². The van der Waals surface area contributed by atoms with Gasteiger partial charge >= 0.3 is 11.9 Å². The van der Waals surface area contributed by atoms with Crippen LogP contribution in [0.5, 0.6) is 0 Å². The van der Waals surface area contributed by atoms with Crippen LogP contribution in [0.15, 0.2) is 0 Å². The maximum atomic E-state index is 11.6. The van der Waals surface area contributed by atoms with Gasteiger partial charge in [0.05, 0.1) is 6.61 Å². The van der Waals surface area contributed by atoms with E-state index in [0.29, 0.717) is 12.8 Å². The second-order valence-electron chi connectivity index (χ2n) is 5.38. The minimum atomic E-state index is -1.25. The number of carbonyl (C=O) groups is 2. The van der Waals surface area contributed by atoms with Crippen molar-refractivity contribution in [3.63, 3.8) is 0 Å². The molecule has 2 N–H and O–H groups in total. The van der Waals surface area contributed by atoms with E-state index in [9.17, 15) is 14.7 Å². The maximum Gasteiger partial charge on any atom is 0.306 e. The molecule has 0 saturated heterocycles. The van der Waals surface area contributed by atoms with E-state index in [1.54, 1.807) is 0 Å². The number of unbranched alkanes of at least 4 members (excludes halogenated alkanes) is 4. The van der Waals surface area contributed by atoms with Gasteiger partial charge in [-0.15, -0.1) is 0 Å². The van der Waals surface area contributed by atoms with Crippen LogP contribution in [-0.4, -0.2) is 47.6 Å². The molecule has 0 bridgehead atoms. The molecule has 0 aromatic rings. The number of hydrogen-bond acceptors (Lipinski definition) is 6. The topological polar surface area (TPSA) is 93.1 Å². The van der Waals surface area contributed by atoms with Crippen molar-refractivity contribution in [2.24, 2.45) is 0 Å². The summed E-state index contributed by atoms with van der Waals surface area (Å²) in [7, 11) is 0. The minimum Gasteiger partial charge on any atom is -0.462 e. The third-order valence-corrected chi connectivity index (χ3v) is 3.28. The van der Waals surface area contributed by atoms with Gasteiger partial charge in [-0.25, -0.2) is 0 Å². The van der Waals surface area contributed by atoms with Gasteiger partial charge < -0.3 is 19.7 Å². The van der Waals surface area contributed by atoms with Gasteiger partial charge in [0.1, 0.15) is 12.7 Å². The average molecular weight is 318 g/mol. The Balaban J connectivity index is 4.17. The second kappa shape index (κ2) is 13.5. The predicted octanol–water partition coefficient (Wildman–Crippen LogP) is 1.96. The van der Waals surface area contributed by atoms with Crippen LogP contribution in [0, 0.1) is 0 Å². The lowest BCUT2D eigenvalue weighted by atomic mass is 10.2. The molecule has 22 heavy (non-hydrogen) atoms. The van der Waals surface area contributed by atoms with Crippen molar-refractivity contribution in [3.8, 4) is 0 Å². The lowest BCUT2D eigenvalue weighted by Gasteiger charge is -2.21. The summed E-state index contributed by atoms with van der Waals surface area (Å²) in [6, 6.07) is 0. The SMILES string of the molecule is CCCCCC(=O)OCC(OC(=O)CCCCC)C(O)CO. The van der Waals surface area contributed by atoms with E-state index >= 15 is 0 Å². The van der Waals surface area contributed by atoms with E-state index in [4.69, 9.17) is 14.6 Å². The van der Waals surface area contributed by atoms with E-state index in [1.807, 2.05) is 13.8 Å². The zero-order chi connectivity index (χ0) is 16.8. The number of aliphatic hydroxyl groups excluding tert-OH is 2. The largest absolute Gasteiger partial charge is 0.462 e. The first-order valence-corrected chi connectivity index (χ1v) is 8.19. The Hall–Kier alpha value is -1.14. The Morgan fingerprint density at radius 1 is 0.955 bits per heavy atom. The van der Waals surface area contributed by atoms with Gasteiger partial charge in [-0.1, -0.05) is 39.5 Å². The van der Waals surface area contributed by atoms with Gasteiger partial charge in [-0.3, -0.25) is 9.59 Å². The monoisotopic (exact) mass is 318 g/mol. The number of aliphatic hydroxyl groups is 2. The van der Waals surface area contributed by atoms with Crippen LogP contribution in [0.1, 0.15) is 65.2 Å². The molecule has 0 rings (SSSR count). The summed E-state index contributed by atoms with van der Waals surface area (Å²) in [6.07, 6.45) is 3.63. The molecule has 6 nitrogen and oxygen atoms in total. The molecule has 2 unspecified atom stereocenters. The van der Waals surface area contributed by atoms with E-state index in [1.165, 1.54) is 0 Å². The standard InChI is InChI=1S/C16H30O6/c1-3-5-7-9-15(19)21-12-14(13(18)11-17)22-16(20)10-8-6-4-2/h13-14,17-18H,3-12H2,1-2H3. The Bertz CT molecular complexity index is 305. The second-order valence-corrected chi connectivity index (χ2v) is 5.38. The molecule has 0 radical (unpaired) electrons. The number of rotatable bonds is 13. The summed E-state index contributed by atoms with van der Waals surface area (Å²) in [4.78, 5) is 23.2. The Labute approximate surface area is 132 Å². The summed E-state index contributed by atoms with van der Waals surface area (Å²) in [5.74, 6) is -0.835. The Morgan fingerprint density at radius 2 is 1.50 bits per heavy atom. The van der Waals surface area contributed by atoms with Crippen molar-refractivity contribution in [1.82, 2.24) is 0 Å². The summed E-state index contributed by atoms with van der Waals surface area (Å²) in [5, 5.41) is 18.6. The maximum absolute atomic E-state index is 11.6. The van der Waals surface area contributed by atoms with Crippen LogP contribution in [0.3, 0.4) is 0 Å². The van der Waals surface area contributed by atoms with Crippen LogP contribution in [0.2, 0.25) is 0 Å². The summed E-state index contributed by atoms with van der Waals surface area (Å²) in [6.45, 7) is 3.28. The van der Waals surface area contributed by atoms with Crippen LogP contribution in [0.25, 0.3) is 0 Å². The number of hydrogen-bond donors (Lipinski definition) is 2. The highest BCUT2D eigenvalue weighted by Gasteiger charge is 2.24. The van der Waals surface area contributed by atoms with Gasteiger partial charge in [0.15, 0.2) is 6.10 Å². The Kier molecular flexibility index (Phi) is 12.8. The lowest BCUT2D eigenvalue weighted by molar-refractivity contribution is -0.168. The highest BCUT2D eigenvalue weighted by Crippen LogP contribution is 2.08. The van der Waals surface area contributed by atoms with Gasteiger partial charge in [0.25, 0.3) is 0 Å². The highest BCUT2D eigenvalue weighted by molar-refractivity contribution is 5.70. The first kappa shape index (κ1) is 20.9. The number of carbonyl (C=O) groups excluding carboxylic acids is 2. The first-order valence-electron chi connectivity index (χ1n) is 8.19. The summed E-state index contributed by atoms with van der Waals surface area (Å²) >= 11 is 0. The molecule has 0 aliphatic rings. The fourth-order valence-corrected chi connectivity index (χ4v) is 1.85. The van der Waals surface area contributed by atoms with E-state index in [-0.39, 0.29) is 19.0 Å². The van der Waals surface area contributed by atoms with Crippen LogP contribution >= 0.6 is 0 Å². The minimum absolute atomic E-state index is 0.230. The fourth-order valence-electron chi connectivity index (χ4n) is 1.85. The molecule has 2 atom stereocenters. The first-order chi connectivity index (χ1) is 10.5. The molecule has 0 aliphatic heterocycles. The molecule has 0 heterocycles. The molecule has 0 aromatic carbocycles. The quantitative estimate of drug-likeness (QED) is 0.398. The van der Waals surface area contributed by atoms with E-state index in [0.717, 1.165) is 32.1 Å². The fraction of sp³-hybridized carbons (Fsp3) is 0.875.